The minimum Gasteiger partial charge on any atom is -0.320 e. The first kappa shape index (κ1) is 26.1. The maximum absolute atomic E-state index is 13.4. The second-order valence-corrected chi connectivity index (χ2v) is 8.50. The summed E-state index contributed by atoms with van der Waals surface area (Å²) in [5.74, 6) is -1.11. The summed E-state index contributed by atoms with van der Waals surface area (Å²) in [4.78, 5) is 29.9. The number of carbonyl (C=O) groups excluding carboxylic acids is 2. The van der Waals surface area contributed by atoms with Gasteiger partial charge in [-0.2, -0.15) is 23.5 Å². The van der Waals surface area contributed by atoms with E-state index in [1.807, 2.05) is 13.0 Å². The van der Waals surface area contributed by atoms with Crippen LogP contribution in [0.25, 0.3) is 5.82 Å². The van der Waals surface area contributed by atoms with Gasteiger partial charge in [0.15, 0.2) is 11.5 Å². The molecule has 0 fully saturated rings. The van der Waals surface area contributed by atoms with E-state index < -0.39 is 29.4 Å². The lowest BCUT2D eigenvalue weighted by Crippen LogP contribution is -2.23. The van der Waals surface area contributed by atoms with E-state index in [9.17, 15) is 28.0 Å². The van der Waals surface area contributed by atoms with Gasteiger partial charge < -0.3 is 5.32 Å². The van der Waals surface area contributed by atoms with Crippen LogP contribution >= 0.6 is 23.5 Å². The second kappa shape index (κ2) is 10.8. The Morgan fingerprint density at radius 2 is 2.00 bits per heavy atom. The number of hydrogen-bond donors (Lipinski definition) is 2. The van der Waals surface area contributed by atoms with Crippen molar-refractivity contribution in [3.05, 3.63) is 69.6 Å². The molecule has 0 spiro atoms. The average Bonchev–Trinajstić information content (AvgIpc) is 3.26. The third-order valence-electron chi connectivity index (χ3n) is 4.59. The van der Waals surface area contributed by atoms with Crippen LogP contribution in [0.5, 0.6) is 0 Å². The smallest absolute Gasteiger partial charge is 0.320 e. The fraction of sp³-hybridized carbons (Fsp3) is 0.227. The molecule has 0 aliphatic heterocycles. The zero-order chi connectivity index (χ0) is 25.8. The molecule has 0 unspecified atom stereocenters. The Morgan fingerprint density at radius 3 is 2.63 bits per heavy atom. The number of halogens is 4. The molecule has 0 saturated heterocycles. The summed E-state index contributed by atoms with van der Waals surface area (Å²) in [6.07, 6.45) is -2.75. The van der Waals surface area contributed by atoms with Crippen LogP contribution in [-0.2, 0) is 6.18 Å². The molecule has 3 rings (SSSR count). The number of pyridine rings is 1. The van der Waals surface area contributed by atoms with Crippen molar-refractivity contribution in [3.63, 3.8) is 0 Å². The fourth-order valence-electron chi connectivity index (χ4n) is 3.02. The molecule has 182 valence electrons. The summed E-state index contributed by atoms with van der Waals surface area (Å²) in [6.45, 7) is 3.48. The van der Waals surface area contributed by atoms with Gasteiger partial charge in [-0.3, -0.25) is 14.3 Å². The molecule has 0 aliphatic rings. The predicted octanol–water partition coefficient (Wildman–Crippen LogP) is 5.16. The van der Waals surface area contributed by atoms with Gasteiger partial charge in [-0.05, 0) is 43.2 Å². The quantitative estimate of drug-likeness (QED) is 0.327. The Bertz CT molecular complexity index is 1320. The van der Waals surface area contributed by atoms with Crippen LogP contribution < -0.4 is 10.0 Å². The van der Waals surface area contributed by atoms with Crippen LogP contribution in [0.1, 0.15) is 51.0 Å². The van der Waals surface area contributed by atoms with Gasteiger partial charge in [0.05, 0.1) is 27.9 Å². The standard InChI is InChI=1S/C22H18ClF3N6O2S/c1-3-7-35-31-20(33)14-9-13(11-27)8-12(2)18(14)29-21(34)16-10-17(22(24,25)26)30-32(16)19-15(23)5-4-6-28-19/h4-6,8-10H,3,7H2,1-2H3,(H,29,34)(H,31,33). The van der Waals surface area contributed by atoms with Crippen molar-refractivity contribution in [1.29, 1.82) is 5.26 Å². The van der Waals surface area contributed by atoms with Crippen LogP contribution in [0.3, 0.4) is 0 Å². The SMILES string of the molecule is CCCSNC(=O)c1cc(C#N)cc(C)c1NC(=O)c1cc(C(F)(F)F)nn1-c1ncccc1Cl. The summed E-state index contributed by atoms with van der Waals surface area (Å²) in [5, 5.41) is 15.2. The fourth-order valence-corrected chi connectivity index (χ4v) is 3.77. The number of alkyl halides is 3. The highest BCUT2D eigenvalue weighted by atomic mass is 35.5. The van der Waals surface area contributed by atoms with E-state index in [-0.39, 0.29) is 27.7 Å². The van der Waals surface area contributed by atoms with E-state index >= 15 is 0 Å². The van der Waals surface area contributed by atoms with E-state index in [0.717, 1.165) is 18.4 Å². The van der Waals surface area contributed by atoms with Crippen LogP contribution in [0.4, 0.5) is 18.9 Å². The number of rotatable bonds is 7. The van der Waals surface area contributed by atoms with Gasteiger partial charge >= 0.3 is 6.18 Å². The number of aryl methyl sites for hydroxylation is 1. The number of benzene rings is 1. The third kappa shape index (κ3) is 5.93. The third-order valence-corrected chi connectivity index (χ3v) is 5.83. The maximum atomic E-state index is 13.4. The molecule has 35 heavy (non-hydrogen) atoms. The van der Waals surface area contributed by atoms with Crippen molar-refractivity contribution in [1.82, 2.24) is 19.5 Å². The van der Waals surface area contributed by atoms with Crippen LogP contribution in [0.15, 0.2) is 36.5 Å². The van der Waals surface area contributed by atoms with Crippen molar-refractivity contribution in [2.45, 2.75) is 26.4 Å². The molecular formula is C22H18ClF3N6O2S. The number of hydrogen-bond acceptors (Lipinski definition) is 6. The number of amides is 2. The monoisotopic (exact) mass is 522 g/mol. The Hall–Kier alpha value is -3.56. The maximum Gasteiger partial charge on any atom is 0.435 e. The Kier molecular flexibility index (Phi) is 8.03. The van der Waals surface area contributed by atoms with Gasteiger partial charge in [0.1, 0.15) is 5.69 Å². The molecule has 2 N–H and O–H groups in total. The molecule has 0 bridgehead atoms. The normalized spacial score (nSPS) is 11.1. The number of nitriles is 1. The highest BCUT2D eigenvalue weighted by Crippen LogP contribution is 2.31. The first-order valence-electron chi connectivity index (χ1n) is 10.1. The minimum absolute atomic E-state index is 0.0171. The van der Waals surface area contributed by atoms with E-state index in [1.165, 1.54) is 30.5 Å². The molecule has 1 aromatic carbocycles. The molecule has 0 aliphatic carbocycles. The second-order valence-electron chi connectivity index (χ2n) is 7.19. The molecule has 13 heteroatoms. The van der Waals surface area contributed by atoms with E-state index in [0.29, 0.717) is 22.1 Å². The van der Waals surface area contributed by atoms with Crippen LogP contribution in [0, 0.1) is 18.3 Å². The lowest BCUT2D eigenvalue weighted by atomic mass is 10.0. The molecule has 2 heterocycles. The first-order chi connectivity index (χ1) is 16.6. The molecule has 0 saturated carbocycles. The van der Waals surface area contributed by atoms with Crippen molar-refractivity contribution in [2.75, 3.05) is 11.1 Å². The largest absolute Gasteiger partial charge is 0.435 e. The lowest BCUT2D eigenvalue weighted by Gasteiger charge is -2.15. The number of nitrogens with one attached hydrogen (secondary N) is 2. The van der Waals surface area contributed by atoms with E-state index in [2.05, 4.69) is 20.1 Å². The van der Waals surface area contributed by atoms with Crippen molar-refractivity contribution in [2.24, 2.45) is 0 Å². The van der Waals surface area contributed by atoms with Crippen molar-refractivity contribution in [3.8, 4) is 11.9 Å². The Morgan fingerprint density at radius 1 is 1.26 bits per heavy atom. The summed E-state index contributed by atoms with van der Waals surface area (Å²) < 4.78 is 43.5. The molecule has 3 aromatic rings. The van der Waals surface area contributed by atoms with Gasteiger partial charge in [-0.25, -0.2) is 9.67 Å². The van der Waals surface area contributed by atoms with Crippen molar-refractivity contribution < 1.29 is 22.8 Å². The van der Waals surface area contributed by atoms with Gasteiger partial charge in [0, 0.05) is 18.0 Å². The Balaban J connectivity index is 2.07. The number of carbonyl (C=O) groups is 2. The highest BCUT2D eigenvalue weighted by Gasteiger charge is 2.36. The highest BCUT2D eigenvalue weighted by molar-refractivity contribution is 7.97. The van der Waals surface area contributed by atoms with Gasteiger partial charge in [0.25, 0.3) is 11.8 Å². The zero-order valence-electron chi connectivity index (χ0n) is 18.4. The minimum atomic E-state index is -4.84. The molecule has 0 radical (unpaired) electrons. The zero-order valence-corrected chi connectivity index (χ0v) is 20.0. The topological polar surface area (TPSA) is 113 Å². The summed E-state index contributed by atoms with van der Waals surface area (Å²) in [6, 6.07) is 8.10. The summed E-state index contributed by atoms with van der Waals surface area (Å²) >= 11 is 7.23. The van der Waals surface area contributed by atoms with Gasteiger partial charge in [-0.1, -0.05) is 30.5 Å². The molecule has 0 atom stereocenters. The lowest BCUT2D eigenvalue weighted by molar-refractivity contribution is -0.141. The van der Waals surface area contributed by atoms with Crippen LogP contribution in [0.2, 0.25) is 5.02 Å². The Labute approximate surface area is 207 Å². The van der Waals surface area contributed by atoms with Crippen LogP contribution in [-0.4, -0.2) is 32.3 Å². The molecule has 2 aromatic heterocycles. The summed E-state index contributed by atoms with van der Waals surface area (Å²) in [5.41, 5.74) is -1.27. The first-order valence-corrected chi connectivity index (χ1v) is 11.5. The van der Waals surface area contributed by atoms with Crippen molar-refractivity contribution >= 4 is 41.1 Å². The van der Waals surface area contributed by atoms with Gasteiger partial charge in [0.2, 0.25) is 0 Å². The molecule has 8 nitrogen and oxygen atoms in total. The number of aromatic nitrogens is 3. The number of anilines is 1. The average molecular weight is 523 g/mol. The predicted molar refractivity (Wildman–Crippen MR) is 125 cm³/mol. The van der Waals surface area contributed by atoms with E-state index in [1.54, 1.807) is 6.92 Å². The molecule has 2 amide bonds. The number of nitrogens with zero attached hydrogens (tertiary/aromatic N) is 4. The van der Waals surface area contributed by atoms with E-state index in [4.69, 9.17) is 11.6 Å². The summed E-state index contributed by atoms with van der Waals surface area (Å²) in [7, 11) is 0. The van der Waals surface area contributed by atoms with Gasteiger partial charge in [-0.15, -0.1) is 0 Å². The molecular weight excluding hydrogens is 505 g/mol.